The monoisotopic (exact) mass is 288 g/mol. The molecule has 0 saturated carbocycles. The molecule has 0 fully saturated rings. The van der Waals surface area contributed by atoms with Gasteiger partial charge in [0.2, 0.25) is 11.8 Å². The minimum Gasteiger partial charge on any atom is -0.497 e. The van der Waals surface area contributed by atoms with Gasteiger partial charge in [-0.15, -0.1) is 0 Å². The molecule has 2 amide bonds. The van der Waals surface area contributed by atoms with Gasteiger partial charge in [-0.2, -0.15) is 0 Å². The summed E-state index contributed by atoms with van der Waals surface area (Å²) in [7, 11) is 1.57. The van der Waals surface area contributed by atoms with Gasteiger partial charge in [-0.05, 0) is 36.4 Å². The molecule has 0 aliphatic rings. The van der Waals surface area contributed by atoms with Crippen molar-refractivity contribution < 1.29 is 18.7 Å². The zero-order valence-electron chi connectivity index (χ0n) is 11.6. The number of hydrogen-bond donors (Lipinski definition) is 2. The average molecular weight is 288 g/mol. The number of methoxy groups -OCH3 is 1. The predicted molar refractivity (Wildman–Crippen MR) is 76.8 cm³/mol. The molecule has 0 spiro atoms. The van der Waals surface area contributed by atoms with E-state index in [2.05, 4.69) is 10.6 Å². The molecule has 1 heterocycles. The number of anilines is 1. The van der Waals surface area contributed by atoms with Gasteiger partial charge < -0.3 is 19.8 Å². The number of carbonyl (C=O) groups excluding carboxylic acids is 2. The molecule has 2 N–H and O–H groups in total. The Morgan fingerprint density at radius 2 is 1.90 bits per heavy atom. The van der Waals surface area contributed by atoms with Crippen LogP contribution in [-0.2, 0) is 16.1 Å². The largest absolute Gasteiger partial charge is 0.497 e. The second-order valence-electron chi connectivity index (χ2n) is 4.31. The molecule has 0 aliphatic heterocycles. The lowest BCUT2D eigenvalue weighted by Crippen LogP contribution is -2.27. The molecule has 0 unspecified atom stereocenters. The third-order valence-electron chi connectivity index (χ3n) is 2.73. The van der Waals surface area contributed by atoms with Gasteiger partial charge >= 0.3 is 0 Å². The fourth-order valence-electron chi connectivity index (χ4n) is 1.69. The molecule has 1 aromatic carbocycles. The van der Waals surface area contributed by atoms with Crippen LogP contribution in [0.2, 0.25) is 0 Å². The first-order valence-electron chi connectivity index (χ1n) is 6.40. The number of furan rings is 1. The molecule has 0 radical (unpaired) electrons. The lowest BCUT2D eigenvalue weighted by atomic mass is 10.3. The van der Waals surface area contributed by atoms with Crippen molar-refractivity contribution >= 4 is 17.5 Å². The highest BCUT2D eigenvalue weighted by Crippen LogP contribution is 2.15. The van der Waals surface area contributed by atoms with Crippen molar-refractivity contribution in [2.45, 2.75) is 13.0 Å². The summed E-state index contributed by atoms with van der Waals surface area (Å²) >= 11 is 0. The minimum absolute atomic E-state index is 0.243. The molecule has 6 heteroatoms. The third kappa shape index (κ3) is 4.68. The second-order valence-corrected chi connectivity index (χ2v) is 4.31. The number of hydrogen-bond acceptors (Lipinski definition) is 4. The number of amides is 2. The van der Waals surface area contributed by atoms with Crippen molar-refractivity contribution in [1.82, 2.24) is 5.32 Å². The minimum atomic E-state index is -0.378. The first kappa shape index (κ1) is 14.6. The number of benzene rings is 1. The van der Waals surface area contributed by atoms with E-state index in [-0.39, 0.29) is 24.8 Å². The highest BCUT2D eigenvalue weighted by molar-refractivity contribution is 6.03. The van der Waals surface area contributed by atoms with E-state index in [1.807, 2.05) is 0 Å². The Morgan fingerprint density at radius 3 is 2.52 bits per heavy atom. The number of nitrogens with one attached hydrogen (secondary N) is 2. The Bertz CT molecular complexity index is 591. The summed E-state index contributed by atoms with van der Waals surface area (Å²) in [5.41, 5.74) is 0.611. The summed E-state index contributed by atoms with van der Waals surface area (Å²) in [6.45, 7) is 0.266. The van der Waals surface area contributed by atoms with Gasteiger partial charge in [0.25, 0.3) is 0 Å². The fourth-order valence-corrected chi connectivity index (χ4v) is 1.69. The van der Waals surface area contributed by atoms with Crippen LogP contribution in [0, 0.1) is 0 Å². The Morgan fingerprint density at radius 1 is 1.14 bits per heavy atom. The van der Waals surface area contributed by atoms with E-state index in [9.17, 15) is 9.59 Å². The van der Waals surface area contributed by atoms with Crippen LogP contribution in [0.1, 0.15) is 12.2 Å². The summed E-state index contributed by atoms with van der Waals surface area (Å²) in [5, 5.41) is 5.25. The smallest absolute Gasteiger partial charge is 0.233 e. The molecular formula is C15H16N2O4. The SMILES string of the molecule is COc1ccc(NC(=O)CC(=O)NCc2ccco2)cc1. The number of ether oxygens (including phenoxy) is 1. The van der Waals surface area contributed by atoms with E-state index in [0.29, 0.717) is 17.2 Å². The summed E-state index contributed by atoms with van der Waals surface area (Å²) in [6, 6.07) is 10.4. The van der Waals surface area contributed by atoms with Crippen LogP contribution in [-0.4, -0.2) is 18.9 Å². The maximum Gasteiger partial charge on any atom is 0.233 e. The molecule has 21 heavy (non-hydrogen) atoms. The van der Waals surface area contributed by atoms with E-state index >= 15 is 0 Å². The first-order chi connectivity index (χ1) is 10.2. The second kappa shape index (κ2) is 7.14. The maximum atomic E-state index is 11.7. The molecule has 0 bridgehead atoms. The molecule has 0 aliphatic carbocycles. The van der Waals surface area contributed by atoms with E-state index < -0.39 is 0 Å². The van der Waals surface area contributed by atoms with Gasteiger partial charge in [0, 0.05) is 5.69 Å². The molecule has 2 rings (SSSR count). The van der Waals surface area contributed by atoms with Crippen LogP contribution in [0.4, 0.5) is 5.69 Å². The molecule has 0 saturated heterocycles. The van der Waals surface area contributed by atoms with Crippen molar-refractivity contribution in [2.75, 3.05) is 12.4 Å². The molecule has 2 aromatic rings. The number of rotatable bonds is 6. The summed E-state index contributed by atoms with van der Waals surface area (Å²) in [5.74, 6) is 0.595. The lowest BCUT2D eigenvalue weighted by Gasteiger charge is -2.06. The molecule has 1 aromatic heterocycles. The van der Waals surface area contributed by atoms with Gasteiger partial charge in [0.05, 0.1) is 19.9 Å². The Labute approximate surface area is 122 Å². The van der Waals surface area contributed by atoms with Gasteiger partial charge in [-0.1, -0.05) is 0 Å². The predicted octanol–water partition coefficient (Wildman–Crippen LogP) is 1.93. The van der Waals surface area contributed by atoms with Crippen LogP contribution >= 0.6 is 0 Å². The summed E-state index contributed by atoms with van der Waals surface area (Å²) in [6.07, 6.45) is 1.28. The Hall–Kier alpha value is -2.76. The van der Waals surface area contributed by atoms with E-state index in [1.165, 1.54) is 6.26 Å². The van der Waals surface area contributed by atoms with Crippen molar-refractivity contribution in [3.63, 3.8) is 0 Å². The average Bonchev–Trinajstić information content (AvgIpc) is 2.99. The fraction of sp³-hybridized carbons (Fsp3) is 0.200. The Balaban J connectivity index is 1.76. The van der Waals surface area contributed by atoms with Gasteiger partial charge in [-0.25, -0.2) is 0 Å². The zero-order valence-corrected chi connectivity index (χ0v) is 11.6. The standard InChI is InChI=1S/C15H16N2O4/c1-20-12-6-4-11(5-7-12)17-15(19)9-14(18)16-10-13-3-2-8-21-13/h2-8H,9-10H2,1H3,(H,16,18)(H,17,19). The molecule has 6 nitrogen and oxygen atoms in total. The van der Waals surface area contributed by atoms with Crippen LogP contribution < -0.4 is 15.4 Å². The van der Waals surface area contributed by atoms with Crippen molar-refractivity contribution in [3.8, 4) is 5.75 Å². The van der Waals surface area contributed by atoms with E-state index in [1.54, 1.807) is 43.5 Å². The van der Waals surface area contributed by atoms with Crippen LogP contribution in [0.3, 0.4) is 0 Å². The topological polar surface area (TPSA) is 80.6 Å². The third-order valence-corrected chi connectivity index (χ3v) is 2.73. The highest BCUT2D eigenvalue weighted by Gasteiger charge is 2.10. The Kier molecular flexibility index (Phi) is 4.98. The van der Waals surface area contributed by atoms with Gasteiger partial charge in [0.15, 0.2) is 0 Å². The molecule has 0 atom stereocenters. The normalized spacial score (nSPS) is 9.95. The van der Waals surface area contributed by atoms with Crippen LogP contribution in [0.15, 0.2) is 47.1 Å². The lowest BCUT2D eigenvalue weighted by molar-refractivity contribution is -0.127. The van der Waals surface area contributed by atoms with Crippen LogP contribution in [0.5, 0.6) is 5.75 Å². The summed E-state index contributed by atoms with van der Waals surface area (Å²) < 4.78 is 10.1. The molecule has 110 valence electrons. The quantitative estimate of drug-likeness (QED) is 0.796. The zero-order chi connectivity index (χ0) is 15.1. The highest BCUT2D eigenvalue weighted by atomic mass is 16.5. The van der Waals surface area contributed by atoms with Crippen molar-refractivity contribution in [2.24, 2.45) is 0 Å². The van der Waals surface area contributed by atoms with Gasteiger partial charge in [-0.3, -0.25) is 9.59 Å². The number of carbonyl (C=O) groups is 2. The van der Waals surface area contributed by atoms with Crippen molar-refractivity contribution in [3.05, 3.63) is 48.4 Å². The van der Waals surface area contributed by atoms with E-state index in [0.717, 1.165) is 0 Å². The van der Waals surface area contributed by atoms with Crippen LogP contribution in [0.25, 0.3) is 0 Å². The van der Waals surface area contributed by atoms with E-state index in [4.69, 9.17) is 9.15 Å². The van der Waals surface area contributed by atoms with Crippen molar-refractivity contribution in [1.29, 1.82) is 0 Å². The molecular weight excluding hydrogens is 272 g/mol. The summed E-state index contributed by atoms with van der Waals surface area (Å²) in [4.78, 5) is 23.3. The maximum absolute atomic E-state index is 11.7. The van der Waals surface area contributed by atoms with Gasteiger partial charge in [0.1, 0.15) is 17.9 Å². The first-order valence-corrected chi connectivity index (χ1v) is 6.40.